The summed E-state index contributed by atoms with van der Waals surface area (Å²) in [4.78, 5) is 21.6. The summed E-state index contributed by atoms with van der Waals surface area (Å²) in [6.45, 7) is 1.51. The van der Waals surface area contributed by atoms with Gasteiger partial charge in [-0.3, -0.25) is 9.59 Å². The van der Waals surface area contributed by atoms with Crippen LogP contribution in [0.15, 0.2) is 30.3 Å². The number of ether oxygens (including phenoxy) is 1. The molecule has 0 bridgehead atoms. The number of rotatable bonds is 7. The van der Waals surface area contributed by atoms with Gasteiger partial charge in [-0.1, -0.05) is 30.3 Å². The highest BCUT2D eigenvalue weighted by Gasteiger charge is 1.97. The monoisotopic (exact) mass is 295 g/mol. The third-order valence-corrected chi connectivity index (χ3v) is 2.45. The lowest BCUT2D eigenvalue weighted by Gasteiger charge is -2.02. The van der Waals surface area contributed by atoms with Crippen LogP contribution in [0.25, 0.3) is 0 Å². The lowest BCUT2D eigenvalue weighted by molar-refractivity contribution is -0.121. The number of hydrogen-bond donors (Lipinski definition) is 3. The highest BCUT2D eigenvalue weighted by atomic mass is 16.5. The minimum Gasteiger partial charge on any atom is -0.383 e. The first kappa shape index (κ1) is 19.1. The Morgan fingerprint density at radius 2 is 1.76 bits per heavy atom. The first-order valence-electron chi connectivity index (χ1n) is 6.78. The van der Waals surface area contributed by atoms with Crippen LogP contribution in [-0.2, 0) is 20.7 Å². The van der Waals surface area contributed by atoms with Crippen LogP contribution in [0.2, 0.25) is 0 Å². The third kappa shape index (κ3) is 11.6. The second-order valence-electron chi connectivity index (χ2n) is 4.21. The number of benzene rings is 1. The van der Waals surface area contributed by atoms with Gasteiger partial charge in [0.05, 0.1) is 19.6 Å². The molecule has 0 aliphatic heterocycles. The van der Waals surface area contributed by atoms with Crippen molar-refractivity contribution in [2.24, 2.45) is 0 Å². The number of likely N-dealkylation sites (N-methyl/N-ethyl adjacent to an activating group) is 2. The van der Waals surface area contributed by atoms with Crippen molar-refractivity contribution in [3.63, 3.8) is 0 Å². The quantitative estimate of drug-likeness (QED) is 0.616. The molecule has 0 aliphatic carbocycles. The van der Waals surface area contributed by atoms with Gasteiger partial charge in [-0.15, -0.1) is 0 Å². The number of carbonyl (C=O) groups is 2. The van der Waals surface area contributed by atoms with E-state index in [0.29, 0.717) is 26.1 Å². The fourth-order valence-electron chi connectivity index (χ4n) is 1.39. The Morgan fingerprint density at radius 1 is 1.10 bits per heavy atom. The van der Waals surface area contributed by atoms with Crippen molar-refractivity contribution < 1.29 is 14.3 Å². The van der Waals surface area contributed by atoms with Gasteiger partial charge in [0, 0.05) is 20.7 Å². The molecule has 0 saturated heterocycles. The zero-order valence-corrected chi connectivity index (χ0v) is 12.9. The Bertz CT molecular complexity index is 396. The van der Waals surface area contributed by atoms with E-state index in [1.54, 1.807) is 21.2 Å². The van der Waals surface area contributed by atoms with E-state index < -0.39 is 0 Å². The smallest absolute Gasteiger partial charge is 0.234 e. The maximum Gasteiger partial charge on any atom is 0.234 e. The van der Waals surface area contributed by atoms with Crippen molar-refractivity contribution in [2.45, 2.75) is 6.42 Å². The van der Waals surface area contributed by atoms with Gasteiger partial charge in [0.25, 0.3) is 0 Å². The van der Waals surface area contributed by atoms with Gasteiger partial charge in [-0.05, 0) is 12.6 Å². The van der Waals surface area contributed by atoms with Gasteiger partial charge < -0.3 is 20.7 Å². The number of carbonyl (C=O) groups excluding carboxylic acids is 2. The molecule has 0 atom stereocenters. The second-order valence-corrected chi connectivity index (χ2v) is 4.21. The first-order chi connectivity index (χ1) is 10.1. The Kier molecular flexibility index (Phi) is 11.9. The molecule has 0 fully saturated rings. The van der Waals surface area contributed by atoms with Crippen LogP contribution < -0.4 is 16.0 Å². The fraction of sp³-hybridized carbons (Fsp3) is 0.467. The Balaban J connectivity index is 0.000000384. The molecule has 0 radical (unpaired) electrons. The minimum atomic E-state index is -0.000417. The normalized spacial score (nSPS) is 9.29. The predicted molar refractivity (Wildman–Crippen MR) is 83.0 cm³/mol. The molecule has 2 amide bonds. The van der Waals surface area contributed by atoms with Gasteiger partial charge in [0.15, 0.2) is 0 Å². The molecule has 0 saturated carbocycles. The van der Waals surface area contributed by atoms with E-state index in [0.717, 1.165) is 5.56 Å². The van der Waals surface area contributed by atoms with E-state index in [1.165, 1.54) is 0 Å². The molecule has 0 spiro atoms. The minimum absolute atomic E-state index is 0.000417. The van der Waals surface area contributed by atoms with Crippen LogP contribution in [0.1, 0.15) is 5.56 Å². The summed E-state index contributed by atoms with van der Waals surface area (Å²) in [5.74, 6) is 0.0516. The third-order valence-electron chi connectivity index (χ3n) is 2.45. The second kappa shape index (κ2) is 13.1. The van der Waals surface area contributed by atoms with Gasteiger partial charge in [-0.2, -0.15) is 0 Å². The van der Waals surface area contributed by atoms with E-state index in [9.17, 15) is 9.59 Å². The molecule has 6 nitrogen and oxygen atoms in total. The van der Waals surface area contributed by atoms with E-state index >= 15 is 0 Å². The van der Waals surface area contributed by atoms with E-state index in [2.05, 4.69) is 16.0 Å². The average Bonchev–Trinajstić information content (AvgIpc) is 2.49. The summed E-state index contributed by atoms with van der Waals surface area (Å²) in [5.41, 5.74) is 1.05. The highest BCUT2D eigenvalue weighted by Crippen LogP contribution is 1.98. The zero-order chi connectivity index (χ0) is 15.9. The summed E-state index contributed by atoms with van der Waals surface area (Å²) < 4.78 is 4.74. The Morgan fingerprint density at radius 3 is 2.29 bits per heavy atom. The van der Waals surface area contributed by atoms with Crippen LogP contribution in [0.3, 0.4) is 0 Å². The van der Waals surface area contributed by atoms with Crippen molar-refractivity contribution in [3.05, 3.63) is 35.9 Å². The van der Waals surface area contributed by atoms with E-state index in [4.69, 9.17) is 4.74 Å². The molecule has 1 rings (SSSR count). The van der Waals surface area contributed by atoms with Crippen LogP contribution in [-0.4, -0.2) is 52.7 Å². The summed E-state index contributed by atoms with van der Waals surface area (Å²) in [6, 6.07) is 9.67. The molecule has 6 heteroatoms. The molecule has 0 aliphatic rings. The summed E-state index contributed by atoms with van der Waals surface area (Å²) in [7, 11) is 4.98. The number of methoxy groups -OCH3 is 1. The lowest BCUT2D eigenvalue weighted by atomic mass is 10.1. The van der Waals surface area contributed by atoms with Crippen LogP contribution in [0.5, 0.6) is 0 Å². The SMILES string of the molecule is CNC(=O)Cc1ccccc1.CNCC(=O)NCCOC. The Labute approximate surface area is 126 Å². The van der Waals surface area contributed by atoms with Gasteiger partial charge in [-0.25, -0.2) is 0 Å². The molecule has 3 N–H and O–H groups in total. The lowest BCUT2D eigenvalue weighted by Crippen LogP contribution is -2.34. The molecule has 0 aromatic heterocycles. The average molecular weight is 295 g/mol. The molecule has 0 unspecified atom stereocenters. The van der Waals surface area contributed by atoms with Crippen molar-refractivity contribution in [3.8, 4) is 0 Å². The van der Waals surface area contributed by atoms with Crippen molar-refractivity contribution in [1.29, 1.82) is 0 Å². The molecule has 1 aromatic rings. The largest absolute Gasteiger partial charge is 0.383 e. The van der Waals surface area contributed by atoms with Gasteiger partial charge >= 0.3 is 0 Å². The highest BCUT2D eigenvalue weighted by molar-refractivity contribution is 5.78. The molecule has 118 valence electrons. The maximum absolute atomic E-state index is 10.9. The summed E-state index contributed by atoms with van der Waals surface area (Å²) in [6.07, 6.45) is 0.470. The Hall–Kier alpha value is -1.92. The van der Waals surface area contributed by atoms with Crippen molar-refractivity contribution in [1.82, 2.24) is 16.0 Å². The molecule has 1 aromatic carbocycles. The van der Waals surface area contributed by atoms with Crippen LogP contribution >= 0.6 is 0 Å². The van der Waals surface area contributed by atoms with E-state index in [-0.39, 0.29) is 11.8 Å². The number of amides is 2. The van der Waals surface area contributed by atoms with E-state index in [1.807, 2.05) is 30.3 Å². The molecular formula is C15H25N3O3. The predicted octanol–water partition coefficient (Wildman–Crippen LogP) is -0.0565. The van der Waals surface area contributed by atoms with Gasteiger partial charge in [0.2, 0.25) is 11.8 Å². The summed E-state index contributed by atoms with van der Waals surface area (Å²) in [5, 5.41) is 7.97. The number of nitrogens with one attached hydrogen (secondary N) is 3. The molecule has 0 heterocycles. The fourth-order valence-corrected chi connectivity index (χ4v) is 1.39. The molecular weight excluding hydrogens is 270 g/mol. The van der Waals surface area contributed by atoms with Crippen molar-refractivity contribution >= 4 is 11.8 Å². The van der Waals surface area contributed by atoms with Crippen LogP contribution in [0, 0.1) is 0 Å². The zero-order valence-electron chi connectivity index (χ0n) is 12.9. The molecule has 21 heavy (non-hydrogen) atoms. The summed E-state index contributed by atoms with van der Waals surface area (Å²) >= 11 is 0. The standard InChI is InChI=1S/C9H11NO.C6H14N2O2/c1-10-9(11)7-8-5-3-2-4-6-8;1-7-5-6(9)8-3-4-10-2/h2-6H,7H2,1H3,(H,10,11);7H,3-5H2,1-2H3,(H,8,9). The maximum atomic E-state index is 10.9. The van der Waals surface area contributed by atoms with Crippen LogP contribution in [0.4, 0.5) is 0 Å². The first-order valence-corrected chi connectivity index (χ1v) is 6.78. The van der Waals surface area contributed by atoms with Crippen molar-refractivity contribution in [2.75, 3.05) is 40.9 Å². The topological polar surface area (TPSA) is 79.5 Å². The number of hydrogen-bond acceptors (Lipinski definition) is 4. The van der Waals surface area contributed by atoms with Gasteiger partial charge in [0.1, 0.15) is 0 Å².